The van der Waals surface area contributed by atoms with Crippen LogP contribution in [-0.2, 0) is 11.3 Å². The summed E-state index contributed by atoms with van der Waals surface area (Å²) in [6, 6.07) is 2.93. The first-order chi connectivity index (χ1) is 12.9. The van der Waals surface area contributed by atoms with Gasteiger partial charge >= 0.3 is 6.03 Å². The third-order valence-corrected chi connectivity index (χ3v) is 3.97. The molecule has 3 amide bonds. The van der Waals surface area contributed by atoms with E-state index in [0.29, 0.717) is 5.82 Å². The van der Waals surface area contributed by atoms with Crippen molar-refractivity contribution in [3.8, 4) is 6.07 Å². The molecule has 1 aliphatic heterocycles. The number of nitrogens with one attached hydrogen (secondary N) is 2. The van der Waals surface area contributed by atoms with Crippen molar-refractivity contribution >= 4 is 17.6 Å². The maximum absolute atomic E-state index is 13.9. The summed E-state index contributed by atoms with van der Waals surface area (Å²) in [7, 11) is 0. The summed E-state index contributed by atoms with van der Waals surface area (Å²) in [6.07, 6.45) is 2.66. The van der Waals surface area contributed by atoms with Gasteiger partial charge in [0.1, 0.15) is 18.4 Å². The van der Waals surface area contributed by atoms with Crippen molar-refractivity contribution < 1.29 is 18.4 Å². The average molecular weight is 372 g/mol. The Balaban J connectivity index is 1.66. The Morgan fingerprint density at radius 2 is 2.11 bits per heavy atom. The van der Waals surface area contributed by atoms with Crippen LogP contribution < -0.4 is 10.6 Å². The molecule has 0 saturated carbocycles. The van der Waals surface area contributed by atoms with Crippen LogP contribution in [0.25, 0.3) is 0 Å². The zero-order valence-corrected chi connectivity index (χ0v) is 14.2. The molecule has 3 rings (SSSR count). The number of benzene rings is 1. The third-order valence-electron chi connectivity index (χ3n) is 3.97. The molecule has 0 bridgehead atoms. The lowest BCUT2D eigenvalue weighted by Crippen LogP contribution is -2.45. The second kappa shape index (κ2) is 7.33. The summed E-state index contributed by atoms with van der Waals surface area (Å²) in [4.78, 5) is 33.3. The number of hydrogen-bond donors (Lipinski definition) is 2. The minimum absolute atomic E-state index is 0.0223. The number of aromatic nitrogens is 2. The maximum atomic E-state index is 13.9. The molecule has 1 atom stereocenters. The van der Waals surface area contributed by atoms with E-state index in [2.05, 4.69) is 20.6 Å². The highest BCUT2D eigenvalue weighted by molar-refractivity contribution is 5.94. The number of fused-ring (bicyclic) bond motifs is 1. The zero-order chi connectivity index (χ0) is 19.6. The summed E-state index contributed by atoms with van der Waals surface area (Å²) in [5.74, 6) is -2.31. The van der Waals surface area contributed by atoms with Gasteiger partial charge in [0, 0.05) is 18.0 Å². The fourth-order valence-corrected chi connectivity index (χ4v) is 2.59. The number of anilines is 1. The lowest BCUT2D eigenvalue weighted by molar-refractivity contribution is -0.122. The third kappa shape index (κ3) is 3.82. The van der Waals surface area contributed by atoms with Gasteiger partial charge in [-0.3, -0.25) is 4.79 Å². The van der Waals surface area contributed by atoms with Crippen LogP contribution in [-0.4, -0.2) is 33.4 Å². The lowest BCUT2D eigenvalue weighted by atomic mass is 10.1. The Kier molecular flexibility index (Phi) is 4.94. The number of amides is 3. The molecule has 138 valence electrons. The number of rotatable bonds is 4. The predicted molar refractivity (Wildman–Crippen MR) is 89.1 cm³/mol. The first-order valence-corrected chi connectivity index (χ1v) is 7.93. The maximum Gasteiger partial charge on any atom is 0.322 e. The minimum atomic E-state index is -1.06. The van der Waals surface area contributed by atoms with Crippen molar-refractivity contribution in [2.45, 2.75) is 19.5 Å². The fraction of sp³-hybridized carbons (Fsp3) is 0.235. The smallest absolute Gasteiger partial charge is 0.322 e. The van der Waals surface area contributed by atoms with Crippen LogP contribution >= 0.6 is 0 Å². The highest BCUT2D eigenvalue weighted by Crippen LogP contribution is 2.27. The highest BCUT2D eigenvalue weighted by atomic mass is 19.2. The molecule has 1 aliphatic rings. The minimum Gasteiger partial charge on any atom is -0.345 e. The lowest BCUT2D eigenvalue weighted by Gasteiger charge is -2.29. The Morgan fingerprint density at radius 3 is 2.78 bits per heavy atom. The second-order valence-electron chi connectivity index (χ2n) is 5.90. The molecule has 8 nitrogen and oxygen atoms in total. The normalized spacial score (nSPS) is 14.0. The number of carbonyl (C=O) groups is 2. The Bertz CT molecular complexity index is 942. The van der Waals surface area contributed by atoms with Gasteiger partial charge < -0.3 is 15.5 Å². The first-order valence-electron chi connectivity index (χ1n) is 7.93. The van der Waals surface area contributed by atoms with Crippen molar-refractivity contribution in [3.63, 3.8) is 0 Å². The summed E-state index contributed by atoms with van der Waals surface area (Å²) >= 11 is 0. The van der Waals surface area contributed by atoms with Crippen molar-refractivity contribution in [1.82, 2.24) is 20.2 Å². The van der Waals surface area contributed by atoms with E-state index in [0.717, 1.165) is 11.0 Å². The zero-order valence-electron chi connectivity index (χ0n) is 14.2. The van der Waals surface area contributed by atoms with E-state index in [1.165, 1.54) is 18.5 Å². The van der Waals surface area contributed by atoms with Gasteiger partial charge in [-0.1, -0.05) is 0 Å². The molecule has 0 spiro atoms. The van der Waals surface area contributed by atoms with E-state index in [4.69, 9.17) is 5.26 Å². The van der Waals surface area contributed by atoms with Gasteiger partial charge in [0.15, 0.2) is 11.6 Å². The standard InChI is InChI=1S/C17H14F2N6O2/c1-9(16-21-5-10(4-20)6-22-16)23-14(26)8-25-7-11-13(24-17(25)27)3-2-12(18)15(11)19/h2-3,5-6,9H,7-8H2,1H3,(H,23,26)(H,24,27)/t9-/m0/s1. The first kappa shape index (κ1) is 18.2. The quantitative estimate of drug-likeness (QED) is 0.851. The van der Waals surface area contributed by atoms with Gasteiger partial charge in [0.05, 0.1) is 23.8 Å². The molecule has 0 fully saturated rings. The van der Waals surface area contributed by atoms with Crippen molar-refractivity contribution in [1.29, 1.82) is 5.26 Å². The predicted octanol–water partition coefficient (Wildman–Crippen LogP) is 1.85. The van der Waals surface area contributed by atoms with E-state index in [-0.39, 0.29) is 29.9 Å². The number of nitriles is 1. The largest absolute Gasteiger partial charge is 0.345 e. The molecule has 27 heavy (non-hydrogen) atoms. The van der Waals surface area contributed by atoms with Crippen molar-refractivity contribution in [3.05, 3.63) is 53.1 Å². The van der Waals surface area contributed by atoms with Crippen LogP contribution in [0.1, 0.15) is 29.9 Å². The van der Waals surface area contributed by atoms with E-state index in [9.17, 15) is 18.4 Å². The van der Waals surface area contributed by atoms with Gasteiger partial charge in [-0.25, -0.2) is 23.5 Å². The Labute approximate surface area is 152 Å². The van der Waals surface area contributed by atoms with E-state index in [1.54, 1.807) is 6.92 Å². The summed E-state index contributed by atoms with van der Waals surface area (Å²) in [6.45, 7) is 1.04. The second-order valence-corrected chi connectivity index (χ2v) is 5.90. The number of nitrogens with zero attached hydrogens (tertiary/aromatic N) is 4. The van der Waals surface area contributed by atoms with Crippen molar-refractivity contribution in [2.75, 3.05) is 11.9 Å². The Morgan fingerprint density at radius 1 is 1.41 bits per heavy atom. The molecule has 1 aromatic carbocycles. The van der Waals surface area contributed by atoms with Crippen LogP contribution in [0.5, 0.6) is 0 Å². The summed E-state index contributed by atoms with van der Waals surface area (Å²) < 4.78 is 27.3. The van der Waals surface area contributed by atoms with Gasteiger partial charge in [-0.05, 0) is 19.1 Å². The molecular formula is C17H14F2N6O2. The topological polar surface area (TPSA) is 111 Å². The van der Waals surface area contributed by atoms with Gasteiger partial charge in [-0.15, -0.1) is 0 Å². The SMILES string of the molecule is C[C@H](NC(=O)CN1Cc2c(ccc(F)c2F)NC1=O)c1ncc(C#N)cn1. The van der Waals surface area contributed by atoms with Gasteiger partial charge in [0.25, 0.3) is 0 Å². The number of halogens is 2. The fourth-order valence-electron chi connectivity index (χ4n) is 2.59. The summed E-state index contributed by atoms with van der Waals surface area (Å²) in [5.41, 5.74) is 0.441. The highest BCUT2D eigenvalue weighted by Gasteiger charge is 2.28. The van der Waals surface area contributed by atoms with Crippen LogP contribution in [0.4, 0.5) is 19.3 Å². The number of urea groups is 1. The van der Waals surface area contributed by atoms with Crippen molar-refractivity contribution in [2.24, 2.45) is 0 Å². The Hall–Kier alpha value is -3.61. The molecule has 2 heterocycles. The van der Waals surface area contributed by atoms with E-state index < -0.39 is 29.6 Å². The van der Waals surface area contributed by atoms with Gasteiger partial charge in [0.2, 0.25) is 5.91 Å². The van der Waals surface area contributed by atoms with Crippen LogP contribution in [0.3, 0.4) is 0 Å². The number of carbonyl (C=O) groups excluding carboxylic acids is 2. The van der Waals surface area contributed by atoms with E-state index in [1.807, 2.05) is 6.07 Å². The van der Waals surface area contributed by atoms with Crippen LogP contribution in [0.2, 0.25) is 0 Å². The summed E-state index contributed by atoms with van der Waals surface area (Å²) in [5, 5.41) is 13.8. The molecule has 0 unspecified atom stereocenters. The molecular weight excluding hydrogens is 358 g/mol. The average Bonchev–Trinajstić information content (AvgIpc) is 2.66. The molecule has 0 aliphatic carbocycles. The number of hydrogen-bond acceptors (Lipinski definition) is 5. The molecule has 2 N–H and O–H groups in total. The molecule has 1 aromatic heterocycles. The van der Waals surface area contributed by atoms with E-state index >= 15 is 0 Å². The molecule has 2 aromatic rings. The molecule has 10 heteroatoms. The van der Waals surface area contributed by atoms with Crippen LogP contribution in [0, 0.1) is 23.0 Å². The van der Waals surface area contributed by atoms with Gasteiger partial charge in [-0.2, -0.15) is 5.26 Å². The monoisotopic (exact) mass is 372 g/mol. The molecule has 0 radical (unpaired) electrons. The molecule has 0 saturated heterocycles. The van der Waals surface area contributed by atoms with Crippen LogP contribution in [0.15, 0.2) is 24.5 Å².